The summed E-state index contributed by atoms with van der Waals surface area (Å²) in [4.78, 5) is 12.0. The normalized spacial score (nSPS) is 10.6. The third-order valence-electron chi connectivity index (χ3n) is 4.26. The van der Waals surface area contributed by atoms with Gasteiger partial charge in [-0.15, -0.1) is 0 Å². The van der Waals surface area contributed by atoms with Crippen molar-refractivity contribution in [3.8, 4) is 6.07 Å². The van der Waals surface area contributed by atoms with Crippen molar-refractivity contribution in [2.75, 3.05) is 0 Å². The number of benzene rings is 2. The van der Waals surface area contributed by atoms with E-state index in [1.807, 2.05) is 6.07 Å². The second-order valence-electron chi connectivity index (χ2n) is 6.49. The summed E-state index contributed by atoms with van der Waals surface area (Å²) in [6, 6.07) is 10.6. The molecule has 0 spiro atoms. The van der Waals surface area contributed by atoms with Gasteiger partial charge >= 0.3 is 0 Å². The number of carbonyl (C=O) groups excluding carboxylic acids is 1. The topological polar surface area (TPSA) is 70.7 Å². The second kappa shape index (κ2) is 8.44. The predicted molar refractivity (Wildman–Crippen MR) is 101 cm³/mol. The van der Waals surface area contributed by atoms with Crippen LogP contribution in [0.5, 0.6) is 0 Å². The van der Waals surface area contributed by atoms with Gasteiger partial charge in [0.25, 0.3) is 0 Å². The molecule has 1 amide bonds. The Morgan fingerprint density at radius 1 is 1.18 bits per heavy atom. The zero-order valence-corrected chi connectivity index (χ0v) is 15.1. The largest absolute Gasteiger partial charge is 0.352 e. The summed E-state index contributed by atoms with van der Waals surface area (Å²) in [5.41, 5.74) is 2.64. The standard InChI is InChI=1S/C21H18F2N4O/c1-14(13-27-20-4-3-15(10-24)6-17(20)12-26-27)2-5-21(28)25-11-16-7-18(22)9-19(23)8-16/h3-4,6-9,12H,1-2,5,11,13H2,(H,25,28). The average Bonchev–Trinajstić information content (AvgIpc) is 3.05. The van der Waals surface area contributed by atoms with Gasteiger partial charge < -0.3 is 5.32 Å². The Labute approximate surface area is 160 Å². The summed E-state index contributed by atoms with van der Waals surface area (Å²) in [5, 5.41) is 16.8. The van der Waals surface area contributed by atoms with E-state index >= 15 is 0 Å². The number of amides is 1. The molecule has 1 N–H and O–H groups in total. The molecule has 3 aromatic rings. The van der Waals surface area contributed by atoms with Crippen LogP contribution in [-0.4, -0.2) is 15.7 Å². The zero-order chi connectivity index (χ0) is 20.1. The first-order valence-corrected chi connectivity index (χ1v) is 8.68. The number of nitriles is 1. The number of hydrogen-bond donors (Lipinski definition) is 1. The van der Waals surface area contributed by atoms with Crippen molar-refractivity contribution < 1.29 is 13.6 Å². The van der Waals surface area contributed by atoms with Gasteiger partial charge in [-0.1, -0.05) is 12.2 Å². The Hall–Kier alpha value is -3.53. The minimum Gasteiger partial charge on any atom is -0.352 e. The average molecular weight is 380 g/mol. The molecule has 1 heterocycles. The highest BCUT2D eigenvalue weighted by molar-refractivity contribution is 5.80. The number of nitrogens with one attached hydrogen (secondary N) is 1. The lowest BCUT2D eigenvalue weighted by molar-refractivity contribution is -0.121. The Balaban J connectivity index is 1.50. The molecular formula is C21H18F2N4O. The van der Waals surface area contributed by atoms with Crippen LogP contribution in [0.25, 0.3) is 10.9 Å². The number of hydrogen-bond acceptors (Lipinski definition) is 3. The highest BCUT2D eigenvalue weighted by atomic mass is 19.1. The molecule has 0 fully saturated rings. The van der Waals surface area contributed by atoms with Gasteiger partial charge in [-0.25, -0.2) is 8.78 Å². The van der Waals surface area contributed by atoms with Crippen LogP contribution in [0.2, 0.25) is 0 Å². The summed E-state index contributed by atoms with van der Waals surface area (Å²) in [5.74, 6) is -1.58. The van der Waals surface area contributed by atoms with Gasteiger partial charge in [0.05, 0.1) is 29.9 Å². The van der Waals surface area contributed by atoms with Crippen molar-refractivity contribution in [3.05, 3.63) is 77.5 Å². The molecule has 142 valence electrons. The van der Waals surface area contributed by atoms with E-state index < -0.39 is 11.6 Å². The first kappa shape index (κ1) is 19.2. The number of rotatable bonds is 7. The summed E-state index contributed by atoms with van der Waals surface area (Å²) in [6.45, 7) is 4.51. The molecule has 0 bridgehead atoms. The molecule has 0 atom stereocenters. The van der Waals surface area contributed by atoms with Crippen molar-refractivity contribution in [2.45, 2.75) is 25.9 Å². The van der Waals surface area contributed by atoms with Crippen LogP contribution in [0.15, 0.2) is 54.7 Å². The van der Waals surface area contributed by atoms with E-state index in [1.54, 1.807) is 23.0 Å². The van der Waals surface area contributed by atoms with Crippen LogP contribution >= 0.6 is 0 Å². The lowest BCUT2D eigenvalue weighted by atomic mass is 10.1. The van der Waals surface area contributed by atoms with Crippen LogP contribution in [-0.2, 0) is 17.9 Å². The number of halogens is 2. The molecule has 3 rings (SSSR count). The van der Waals surface area contributed by atoms with Crippen LogP contribution < -0.4 is 5.32 Å². The van der Waals surface area contributed by atoms with Crippen molar-refractivity contribution in [2.24, 2.45) is 0 Å². The van der Waals surface area contributed by atoms with E-state index in [1.165, 1.54) is 12.1 Å². The molecule has 0 radical (unpaired) electrons. The van der Waals surface area contributed by atoms with E-state index in [4.69, 9.17) is 5.26 Å². The third kappa shape index (κ3) is 4.80. The highest BCUT2D eigenvalue weighted by Crippen LogP contribution is 2.17. The molecule has 1 aromatic heterocycles. The molecular weight excluding hydrogens is 362 g/mol. The van der Waals surface area contributed by atoms with Crippen molar-refractivity contribution in [3.63, 3.8) is 0 Å². The first-order valence-electron chi connectivity index (χ1n) is 8.68. The van der Waals surface area contributed by atoms with Gasteiger partial charge in [-0.2, -0.15) is 10.4 Å². The molecule has 0 saturated heterocycles. The smallest absolute Gasteiger partial charge is 0.220 e. The molecule has 0 unspecified atom stereocenters. The maximum absolute atomic E-state index is 13.2. The SMILES string of the molecule is C=C(CCC(=O)NCc1cc(F)cc(F)c1)Cn1ncc2cc(C#N)ccc21. The van der Waals surface area contributed by atoms with E-state index in [-0.39, 0.29) is 18.9 Å². The molecule has 0 saturated carbocycles. The fourth-order valence-electron chi connectivity index (χ4n) is 2.87. The maximum atomic E-state index is 13.2. The Morgan fingerprint density at radius 2 is 1.93 bits per heavy atom. The predicted octanol–water partition coefficient (Wildman–Crippen LogP) is 3.84. The quantitative estimate of drug-likeness (QED) is 0.633. The molecule has 0 aliphatic heterocycles. The maximum Gasteiger partial charge on any atom is 0.220 e. The summed E-state index contributed by atoms with van der Waals surface area (Å²) in [7, 11) is 0. The summed E-state index contributed by atoms with van der Waals surface area (Å²) in [6.07, 6.45) is 2.36. The lowest BCUT2D eigenvalue weighted by Gasteiger charge is -2.09. The molecule has 2 aromatic carbocycles. The summed E-state index contributed by atoms with van der Waals surface area (Å²) < 4.78 is 28.1. The minimum atomic E-state index is -0.675. The van der Waals surface area contributed by atoms with Gasteiger partial charge in [-0.3, -0.25) is 9.48 Å². The summed E-state index contributed by atoms with van der Waals surface area (Å²) >= 11 is 0. The number of allylic oxidation sites excluding steroid dienone is 1. The lowest BCUT2D eigenvalue weighted by Crippen LogP contribution is -2.22. The van der Waals surface area contributed by atoms with E-state index in [0.717, 1.165) is 22.5 Å². The third-order valence-corrected chi connectivity index (χ3v) is 4.26. The fourth-order valence-corrected chi connectivity index (χ4v) is 2.87. The minimum absolute atomic E-state index is 0.0605. The highest BCUT2D eigenvalue weighted by Gasteiger charge is 2.08. The van der Waals surface area contributed by atoms with Gasteiger partial charge in [-0.05, 0) is 42.3 Å². The number of nitrogens with zero attached hydrogens (tertiary/aromatic N) is 3. The Bertz CT molecular complexity index is 1060. The van der Waals surface area contributed by atoms with Crippen molar-refractivity contribution in [1.29, 1.82) is 5.26 Å². The molecule has 0 aliphatic carbocycles. The van der Waals surface area contributed by atoms with Crippen LogP contribution in [0.4, 0.5) is 8.78 Å². The Morgan fingerprint density at radius 3 is 2.64 bits per heavy atom. The van der Waals surface area contributed by atoms with Gasteiger partial charge in [0.15, 0.2) is 0 Å². The van der Waals surface area contributed by atoms with Gasteiger partial charge in [0.2, 0.25) is 5.91 Å². The Kier molecular flexibility index (Phi) is 5.80. The van der Waals surface area contributed by atoms with E-state index in [2.05, 4.69) is 23.1 Å². The number of aromatic nitrogens is 2. The molecule has 0 aliphatic rings. The number of carbonyl (C=O) groups is 1. The molecule has 5 nitrogen and oxygen atoms in total. The molecule has 28 heavy (non-hydrogen) atoms. The van der Waals surface area contributed by atoms with Crippen LogP contribution in [0.1, 0.15) is 24.0 Å². The molecule has 7 heteroatoms. The number of fused-ring (bicyclic) bond motifs is 1. The monoisotopic (exact) mass is 380 g/mol. The van der Waals surface area contributed by atoms with Gasteiger partial charge in [0.1, 0.15) is 11.6 Å². The van der Waals surface area contributed by atoms with Crippen molar-refractivity contribution in [1.82, 2.24) is 15.1 Å². The van der Waals surface area contributed by atoms with E-state index in [0.29, 0.717) is 24.1 Å². The van der Waals surface area contributed by atoms with Gasteiger partial charge in [0, 0.05) is 24.4 Å². The van der Waals surface area contributed by atoms with Crippen molar-refractivity contribution >= 4 is 16.8 Å². The first-order chi connectivity index (χ1) is 13.4. The second-order valence-corrected chi connectivity index (χ2v) is 6.49. The fraction of sp³-hybridized carbons (Fsp3) is 0.190. The van der Waals surface area contributed by atoms with Crippen LogP contribution in [0, 0.1) is 23.0 Å². The zero-order valence-electron chi connectivity index (χ0n) is 15.1. The van der Waals surface area contributed by atoms with E-state index in [9.17, 15) is 13.6 Å². The van der Waals surface area contributed by atoms with Crippen LogP contribution in [0.3, 0.4) is 0 Å².